The van der Waals surface area contributed by atoms with Gasteiger partial charge >= 0.3 is 16.2 Å². The molecule has 0 fully saturated rings. The molecule has 0 atom stereocenters. The van der Waals surface area contributed by atoms with E-state index in [1.807, 2.05) is 30.3 Å². The third-order valence-corrected chi connectivity index (χ3v) is 5.11. The number of amidine groups is 1. The Morgan fingerprint density at radius 3 is 2.50 bits per heavy atom. The zero-order valence-electron chi connectivity index (χ0n) is 11.1. The molecule has 108 valence electrons. The third kappa shape index (κ3) is 3.31. The molecule has 20 heavy (non-hydrogen) atoms. The van der Waals surface area contributed by atoms with Crippen molar-refractivity contribution in [3.8, 4) is 0 Å². The second kappa shape index (κ2) is 5.84. The van der Waals surface area contributed by atoms with Crippen molar-refractivity contribution in [3.63, 3.8) is 0 Å². The summed E-state index contributed by atoms with van der Waals surface area (Å²) in [4.78, 5) is 11.8. The Morgan fingerprint density at radius 2 is 1.95 bits per heavy atom. The molecule has 0 radical (unpaired) electrons. The summed E-state index contributed by atoms with van der Waals surface area (Å²) in [7, 11) is -3.94. The van der Waals surface area contributed by atoms with Gasteiger partial charge in [0.15, 0.2) is 5.17 Å². The van der Waals surface area contributed by atoms with Crippen molar-refractivity contribution in [3.05, 3.63) is 35.9 Å². The lowest BCUT2D eigenvalue weighted by atomic mass is 10.2. The highest BCUT2D eigenvalue weighted by Gasteiger charge is 2.35. The van der Waals surface area contributed by atoms with E-state index in [1.54, 1.807) is 13.8 Å². The van der Waals surface area contributed by atoms with Crippen LogP contribution in [0.2, 0.25) is 0 Å². The third-order valence-electron chi connectivity index (χ3n) is 2.55. The van der Waals surface area contributed by atoms with Crippen LogP contribution in [0.25, 0.3) is 0 Å². The lowest BCUT2D eigenvalue weighted by molar-refractivity contribution is 0.220. The van der Waals surface area contributed by atoms with Gasteiger partial charge in [0.05, 0.1) is 0 Å². The van der Waals surface area contributed by atoms with Crippen LogP contribution in [0.3, 0.4) is 0 Å². The van der Waals surface area contributed by atoms with Crippen molar-refractivity contribution in [2.24, 2.45) is 4.40 Å². The number of hydrogen-bond acceptors (Lipinski definition) is 4. The molecule has 2 rings (SSSR count). The van der Waals surface area contributed by atoms with Crippen molar-refractivity contribution in [1.82, 2.24) is 9.62 Å². The van der Waals surface area contributed by atoms with Gasteiger partial charge in [0.1, 0.15) is 0 Å². The Morgan fingerprint density at radius 1 is 1.30 bits per heavy atom. The summed E-state index contributed by atoms with van der Waals surface area (Å²) in [5, 5.41) is 2.60. The molecule has 2 amide bonds. The van der Waals surface area contributed by atoms with Crippen molar-refractivity contribution in [2.45, 2.75) is 25.6 Å². The molecule has 0 saturated carbocycles. The van der Waals surface area contributed by atoms with E-state index in [9.17, 15) is 13.2 Å². The zero-order valence-corrected chi connectivity index (χ0v) is 12.7. The number of carbonyl (C=O) groups is 1. The van der Waals surface area contributed by atoms with E-state index in [2.05, 4.69) is 9.71 Å². The molecule has 1 heterocycles. The molecule has 0 unspecified atom stereocenters. The van der Waals surface area contributed by atoms with Crippen molar-refractivity contribution in [1.29, 1.82) is 0 Å². The topological polar surface area (TPSA) is 78.8 Å². The summed E-state index contributed by atoms with van der Waals surface area (Å²) in [6, 6.07) is 8.41. The van der Waals surface area contributed by atoms with Gasteiger partial charge in [-0.05, 0) is 19.4 Å². The molecule has 0 spiro atoms. The first-order chi connectivity index (χ1) is 9.40. The smallest absolute Gasteiger partial charge is 0.285 e. The van der Waals surface area contributed by atoms with Gasteiger partial charge in [-0.25, -0.2) is 4.79 Å². The van der Waals surface area contributed by atoms with Crippen molar-refractivity contribution < 1.29 is 13.2 Å². The van der Waals surface area contributed by atoms with E-state index in [0.29, 0.717) is 5.75 Å². The van der Waals surface area contributed by atoms with Crippen LogP contribution in [0.1, 0.15) is 19.4 Å². The lowest BCUT2D eigenvalue weighted by Gasteiger charge is -2.27. The normalized spacial score (nSPS) is 17.9. The number of thioether (sulfide) groups is 1. The average molecular weight is 313 g/mol. The van der Waals surface area contributed by atoms with Crippen LogP contribution in [-0.4, -0.2) is 30.0 Å². The summed E-state index contributed by atoms with van der Waals surface area (Å²) in [5.74, 6) is 0.539. The zero-order chi connectivity index (χ0) is 14.8. The van der Waals surface area contributed by atoms with E-state index in [4.69, 9.17) is 0 Å². The van der Waals surface area contributed by atoms with Gasteiger partial charge in [-0.1, -0.05) is 42.1 Å². The fourth-order valence-corrected chi connectivity index (χ4v) is 3.99. The maximum atomic E-state index is 11.9. The molecular formula is C12H15N3O3S2. The molecule has 1 aliphatic heterocycles. The minimum atomic E-state index is -3.94. The first kappa shape index (κ1) is 14.9. The van der Waals surface area contributed by atoms with Gasteiger partial charge < -0.3 is 0 Å². The Balaban J connectivity index is 2.13. The molecule has 0 aromatic heterocycles. The average Bonchev–Trinajstić information content (AvgIpc) is 2.35. The van der Waals surface area contributed by atoms with Gasteiger partial charge in [0.25, 0.3) is 0 Å². The van der Waals surface area contributed by atoms with Crippen LogP contribution in [0.15, 0.2) is 34.7 Å². The summed E-state index contributed by atoms with van der Waals surface area (Å²) < 4.78 is 28.2. The van der Waals surface area contributed by atoms with E-state index >= 15 is 0 Å². The number of carbonyl (C=O) groups excluding carboxylic acids is 1. The maximum absolute atomic E-state index is 11.9. The molecule has 0 saturated heterocycles. The molecular weight excluding hydrogens is 298 g/mol. The van der Waals surface area contributed by atoms with Crippen LogP contribution in [0.4, 0.5) is 4.79 Å². The summed E-state index contributed by atoms with van der Waals surface area (Å²) in [6.07, 6.45) is 0. The minimum absolute atomic E-state index is 0.107. The number of rotatable bonds is 3. The van der Waals surface area contributed by atoms with Crippen LogP contribution in [0.5, 0.6) is 0 Å². The first-order valence-electron chi connectivity index (χ1n) is 6.02. The SMILES string of the molecule is CC(C)N1C(=O)NC(SCc2ccccc2)=NS1(=O)=O. The van der Waals surface area contributed by atoms with Gasteiger partial charge in [-0.15, -0.1) is 4.40 Å². The molecule has 1 N–H and O–H groups in total. The number of nitrogens with zero attached hydrogens (tertiary/aromatic N) is 2. The highest BCUT2D eigenvalue weighted by molar-refractivity contribution is 8.13. The number of hydrogen-bond donors (Lipinski definition) is 1. The molecule has 1 aromatic rings. The second-order valence-corrected chi connectivity index (χ2v) is 6.90. The van der Waals surface area contributed by atoms with Crippen LogP contribution in [-0.2, 0) is 16.0 Å². The molecule has 6 nitrogen and oxygen atoms in total. The predicted octanol–water partition coefficient (Wildman–Crippen LogP) is 1.95. The number of nitrogens with one attached hydrogen (secondary N) is 1. The summed E-state index contributed by atoms with van der Waals surface area (Å²) >= 11 is 1.18. The van der Waals surface area contributed by atoms with E-state index in [1.165, 1.54) is 11.8 Å². The Bertz CT molecular complexity index is 627. The van der Waals surface area contributed by atoms with Crippen LogP contribution in [0, 0.1) is 0 Å². The molecule has 0 aliphatic carbocycles. The van der Waals surface area contributed by atoms with Crippen molar-refractivity contribution >= 4 is 33.2 Å². The maximum Gasteiger partial charge on any atom is 0.351 e. The first-order valence-corrected chi connectivity index (χ1v) is 8.40. The van der Waals surface area contributed by atoms with Gasteiger partial charge in [0.2, 0.25) is 0 Å². The lowest BCUT2D eigenvalue weighted by Crippen LogP contribution is -2.52. The highest BCUT2D eigenvalue weighted by Crippen LogP contribution is 2.19. The van der Waals surface area contributed by atoms with Gasteiger partial charge in [0, 0.05) is 11.8 Å². The fraction of sp³-hybridized carbons (Fsp3) is 0.333. The quantitative estimate of drug-likeness (QED) is 0.925. The minimum Gasteiger partial charge on any atom is -0.285 e. The Kier molecular flexibility index (Phi) is 4.34. The van der Waals surface area contributed by atoms with Gasteiger partial charge in [-0.3, -0.25) is 5.32 Å². The molecule has 0 bridgehead atoms. The largest absolute Gasteiger partial charge is 0.351 e. The molecule has 1 aliphatic rings. The Labute approximate surface area is 122 Å². The van der Waals surface area contributed by atoms with Gasteiger partial charge in [-0.2, -0.15) is 12.7 Å². The summed E-state index contributed by atoms with van der Waals surface area (Å²) in [5.41, 5.74) is 1.03. The predicted molar refractivity (Wildman–Crippen MR) is 79.6 cm³/mol. The fourth-order valence-electron chi connectivity index (χ4n) is 1.71. The monoisotopic (exact) mass is 313 g/mol. The van der Waals surface area contributed by atoms with E-state index in [0.717, 1.165) is 9.87 Å². The van der Waals surface area contributed by atoms with E-state index in [-0.39, 0.29) is 5.17 Å². The van der Waals surface area contributed by atoms with Crippen molar-refractivity contribution in [2.75, 3.05) is 0 Å². The molecule has 1 aromatic carbocycles. The second-order valence-electron chi connectivity index (χ2n) is 4.47. The number of benzene rings is 1. The Hall–Kier alpha value is -1.54. The van der Waals surface area contributed by atoms with Crippen LogP contribution < -0.4 is 5.32 Å². The highest BCUT2D eigenvalue weighted by atomic mass is 32.2. The van der Waals surface area contributed by atoms with E-state index < -0.39 is 22.3 Å². The number of amides is 2. The molecule has 8 heteroatoms. The number of urea groups is 1. The standard InChI is InChI=1S/C12H15N3O3S2/c1-9(2)15-12(16)13-11(14-20(15,17)18)19-8-10-6-4-3-5-7-10/h3-7,9H,8H2,1-2H3,(H,13,14,16). The summed E-state index contributed by atoms with van der Waals surface area (Å²) in [6.45, 7) is 3.24. The van der Waals surface area contributed by atoms with Crippen LogP contribution >= 0.6 is 11.8 Å².